The topological polar surface area (TPSA) is 23.8 Å². The zero-order chi connectivity index (χ0) is 8.97. The second-order valence-electron chi connectivity index (χ2n) is 2.46. The number of hydrogen-bond donors (Lipinski definition) is 0. The van der Waals surface area contributed by atoms with E-state index < -0.39 is 0 Å². The lowest BCUT2D eigenvalue weighted by Crippen LogP contribution is -1.78. The van der Waals surface area contributed by atoms with Crippen molar-refractivity contribution in [2.45, 2.75) is 6.92 Å². The van der Waals surface area contributed by atoms with Gasteiger partial charge in [-0.25, -0.2) is 0 Å². The summed E-state index contributed by atoms with van der Waals surface area (Å²) in [5, 5.41) is 9.01. The third-order valence-corrected chi connectivity index (χ3v) is 1.81. The van der Waals surface area contributed by atoms with Crippen LogP contribution in [0.1, 0.15) is 11.1 Å². The van der Waals surface area contributed by atoms with E-state index in [0.717, 1.165) is 11.1 Å². The van der Waals surface area contributed by atoms with Crippen molar-refractivity contribution < 1.29 is 0 Å². The van der Waals surface area contributed by atoms with Gasteiger partial charge in [-0.2, -0.15) is 5.26 Å². The Labute approximate surface area is 76.9 Å². The van der Waals surface area contributed by atoms with Gasteiger partial charge in [0.1, 0.15) is 0 Å². The highest BCUT2D eigenvalue weighted by atomic mass is 35.5. The van der Waals surface area contributed by atoms with Gasteiger partial charge in [-0.15, -0.1) is 0 Å². The van der Waals surface area contributed by atoms with Crippen LogP contribution in [0.3, 0.4) is 0 Å². The molecule has 0 bridgehead atoms. The molecule has 0 atom stereocenters. The van der Waals surface area contributed by atoms with E-state index >= 15 is 0 Å². The van der Waals surface area contributed by atoms with Gasteiger partial charge >= 0.3 is 0 Å². The Kier molecular flexibility index (Phi) is 2.90. The summed E-state index contributed by atoms with van der Waals surface area (Å²) in [5.41, 5.74) is 2.11. The summed E-state index contributed by atoms with van der Waals surface area (Å²) >= 11 is 5.78. The lowest BCUT2D eigenvalue weighted by molar-refractivity contribution is 1.44. The van der Waals surface area contributed by atoms with Crippen LogP contribution in [-0.2, 0) is 0 Å². The first-order chi connectivity index (χ1) is 5.74. The quantitative estimate of drug-likeness (QED) is 0.605. The molecule has 0 radical (unpaired) electrons. The first-order valence-electron chi connectivity index (χ1n) is 3.56. The van der Waals surface area contributed by atoms with Gasteiger partial charge in [0, 0.05) is 11.1 Å². The van der Waals surface area contributed by atoms with E-state index in [-0.39, 0.29) is 0 Å². The molecule has 0 N–H and O–H groups in total. The molecule has 0 saturated heterocycles. The van der Waals surface area contributed by atoms with Gasteiger partial charge in [-0.1, -0.05) is 17.7 Å². The van der Waals surface area contributed by atoms with E-state index in [2.05, 4.69) is 0 Å². The van der Waals surface area contributed by atoms with E-state index in [4.69, 9.17) is 16.9 Å². The van der Waals surface area contributed by atoms with Crippen LogP contribution in [0.5, 0.6) is 0 Å². The Morgan fingerprint density at radius 3 is 2.92 bits per heavy atom. The minimum atomic E-state index is 0.693. The van der Waals surface area contributed by atoms with Crippen molar-refractivity contribution in [3.05, 3.63) is 40.4 Å². The van der Waals surface area contributed by atoms with Gasteiger partial charge in [-0.05, 0) is 36.3 Å². The third-order valence-electron chi connectivity index (χ3n) is 1.58. The molecule has 0 heterocycles. The smallest absolute Gasteiger partial charge is 0.0912 e. The van der Waals surface area contributed by atoms with Crippen LogP contribution in [0.4, 0.5) is 0 Å². The fourth-order valence-corrected chi connectivity index (χ4v) is 1.10. The predicted octanol–water partition coefficient (Wildman–Crippen LogP) is 3.19. The number of benzene rings is 1. The molecule has 2 heteroatoms. The first-order valence-corrected chi connectivity index (χ1v) is 3.94. The number of nitriles is 1. The monoisotopic (exact) mass is 177 g/mol. The van der Waals surface area contributed by atoms with Crippen molar-refractivity contribution in [2.24, 2.45) is 0 Å². The highest BCUT2D eigenvalue weighted by Gasteiger charge is 1.94. The highest BCUT2D eigenvalue weighted by molar-refractivity contribution is 6.30. The predicted molar refractivity (Wildman–Crippen MR) is 50.8 cm³/mol. The summed E-state index contributed by atoms with van der Waals surface area (Å²) in [6, 6.07) is 7.54. The van der Waals surface area contributed by atoms with Crippen LogP contribution in [0.25, 0.3) is 6.08 Å². The number of hydrogen-bond acceptors (Lipinski definition) is 1. The summed E-state index contributed by atoms with van der Waals surface area (Å²) in [5.74, 6) is 0. The molecular formula is C10H8ClN. The van der Waals surface area contributed by atoms with Crippen LogP contribution in [0.2, 0.25) is 5.02 Å². The molecule has 0 aromatic heterocycles. The Hall–Kier alpha value is -1.26. The molecule has 0 aliphatic rings. The summed E-state index contributed by atoms with van der Waals surface area (Å²) in [4.78, 5) is 0. The van der Waals surface area contributed by atoms with Crippen molar-refractivity contribution >= 4 is 17.7 Å². The van der Waals surface area contributed by atoms with Crippen molar-refractivity contribution in [3.8, 4) is 6.07 Å². The Bertz CT molecular complexity index is 347. The molecule has 60 valence electrons. The van der Waals surface area contributed by atoms with Gasteiger partial charge in [-0.3, -0.25) is 0 Å². The first kappa shape index (κ1) is 8.83. The fraction of sp³-hybridized carbons (Fsp3) is 0.100. The molecule has 0 fully saturated rings. The maximum atomic E-state index is 8.32. The van der Waals surface area contributed by atoms with E-state index in [1.54, 1.807) is 6.08 Å². The van der Waals surface area contributed by atoms with E-state index in [1.165, 1.54) is 6.08 Å². The normalized spacial score (nSPS) is 10.1. The van der Waals surface area contributed by atoms with E-state index in [0.29, 0.717) is 5.02 Å². The van der Waals surface area contributed by atoms with Gasteiger partial charge in [0.05, 0.1) is 6.07 Å². The summed E-state index contributed by atoms with van der Waals surface area (Å²) in [7, 11) is 0. The molecule has 0 aliphatic carbocycles. The second-order valence-corrected chi connectivity index (χ2v) is 2.90. The highest BCUT2D eigenvalue weighted by Crippen LogP contribution is 2.16. The number of rotatable bonds is 1. The minimum Gasteiger partial charge on any atom is -0.193 e. The molecule has 12 heavy (non-hydrogen) atoms. The molecule has 0 spiro atoms. The van der Waals surface area contributed by atoms with Crippen molar-refractivity contribution in [1.82, 2.24) is 0 Å². The van der Waals surface area contributed by atoms with E-state index in [1.807, 2.05) is 31.2 Å². The zero-order valence-electron chi connectivity index (χ0n) is 6.71. The Morgan fingerprint density at radius 2 is 2.25 bits per heavy atom. The molecule has 0 saturated carbocycles. The van der Waals surface area contributed by atoms with Gasteiger partial charge in [0.15, 0.2) is 0 Å². The second kappa shape index (κ2) is 3.94. The summed E-state index contributed by atoms with van der Waals surface area (Å²) in [6.45, 7) is 1.98. The van der Waals surface area contributed by atoms with Crippen LogP contribution < -0.4 is 0 Å². The number of nitrogens with zero attached hydrogens (tertiary/aromatic N) is 1. The van der Waals surface area contributed by atoms with Gasteiger partial charge < -0.3 is 0 Å². The average Bonchev–Trinajstić information content (AvgIpc) is 2.07. The van der Waals surface area contributed by atoms with Gasteiger partial charge in [0.2, 0.25) is 0 Å². The summed E-state index contributed by atoms with van der Waals surface area (Å²) in [6.07, 6.45) is 3.19. The largest absolute Gasteiger partial charge is 0.193 e. The number of aryl methyl sites for hydroxylation is 1. The molecule has 1 aromatic rings. The van der Waals surface area contributed by atoms with Crippen molar-refractivity contribution in [1.29, 1.82) is 5.26 Å². The van der Waals surface area contributed by atoms with Crippen LogP contribution >= 0.6 is 11.6 Å². The molecule has 1 aromatic carbocycles. The third kappa shape index (κ3) is 2.11. The average molecular weight is 178 g/mol. The molecule has 1 rings (SSSR count). The van der Waals surface area contributed by atoms with Crippen LogP contribution in [0, 0.1) is 18.3 Å². The van der Waals surface area contributed by atoms with Crippen molar-refractivity contribution in [2.75, 3.05) is 0 Å². The Morgan fingerprint density at radius 1 is 1.50 bits per heavy atom. The lowest BCUT2D eigenvalue weighted by atomic mass is 10.1. The molecule has 0 unspecified atom stereocenters. The zero-order valence-corrected chi connectivity index (χ0v) is 7.47. The molecule has 0 aliphatic heterocycles. The minimum absolute atomic E-state index is 0.693. The standard InChI is InChI=1S/C10H8ClN/c1-8-4-5-10(11)7-9(8)3-2-6-12/h2-5,7H,1H3/b3-2+. The molecule has 1 nitrogen and oxygen atoms in total. The van der Waals surface area contributed by atoms with Gasteiger partial charge in [0.25, 0.3) is 0 Å². The SMILES string of the molecule is Cc1ccc(Cl)cc1/C=C/C#N. The summed E-state index contributed by atoms with van der Waals surface area (Å²) < 4.78 is 0. The maximum Gasteiger partial charge on any atom is 0.0912 e. The number of halogens is 1. The van der Waals surface area contributed by atoms with Crippen molar-refractivity contribution in [3.63, 3.8) is 0 Å². The van der Waals surface area contributed by atoms with E-state index in [9.17, 15) is 0 Å². The molecule has 0 amide bonds. The van der Waals surface area contributed by atoms with Crippen LogP contribution in [-0.4, -0.2) is 0 Å². The number of allylic oxidation sites excluding steroid dienone is 1. The Balaban J connectivity index is 3.07. The molecular weight excluding hydrogens is 170 g/mol. The lowest BCUT2D eigenvalue weighted by Gasteiger charge is -1.98. The fourth-order valence-electron chi connectivity index (χ4n) is 0.918. The maximum absolute atomic E-state index is 8.32. The van der Waals surface area contributed by atoms with Crippen LogP contribution in [0.15, 0.2) is 24.3 Å².